The van der Waals surface area contributed by atoms with Crippen molar-refractivity contribution in [3.63, 3.8) is 0 Å². The summed E-state index contributed by atoms with van der Waals surface area (Å²) in [7, 11) is 1.71. The summed E-state index contributed by atoms with van der Waals surface area (Å²) in [5.41, 5.74) is 0.744. The van der Waals surface area contributed by atoms with Crippen LogP contribution in [0.4, 0.5) is 5.69 Å². The van der Waals surface area contributed by atoms with Gasteiger partial charge in [0.15, 0.2) is 6.10 Å². The van der Waals surface area contributed by atoms with Gasteiger partial charge < -0.3 is 35.2 Å². The Labute approximate surface area is 120 Å². The molecule has 21 heavy (non-hydrogen) atoms. The number of rotatable bonds is 4. The number of carboxylic acid groups (broad SMARTS) is 1. The van der Waals surface area contributed by atoms with Crippen molar-refractivity contribution in [2.45, 2.75) is 30.7 Å². The first-order valence-electron chi connectivity index (χ1n) is 6.31. The molecule has 0 saturated carbocycles. The lowest BCUT2D eigenvalue weighted by Gasteiger charge is -2.38. The van der Waals surface area contributed by atoms with Gasteiger partial charge in [0.1, 0.15) is 24.1 Å². The molecule has 0 spiro atoms. The van der Waals surface area contributed by atoms with Crippen molar-refractivity contribution >= 4 is 11.7 Å². The molecular weight excluding hydrogens is 282 g/mol. The molecule has 8 nitrogen and oxygen atoms in total. The first-order chi connectivity index (χ1) is 9.93. The van der Waals surface area contributed by atoms with Crippen LogP contribution in [0.25, 0.3) is 0 Å². The van der Waals surface area contributed by atoms with Crippen LogP contribution in [0.15, 0.2) is 24.3 Å². The Morgan fingerprint density at radius 1 is 1.24 bits per heavy atom. The molecule has 0 aromatic heterocycles. The maximum absolute atomic E-state index is 11.0. The summed E-state index contributed by atoms with van der Waals surface area (Å²) in [6, 6.07) is 6.67. The van der Waals surface area contributed by atoms with E-state index in [0.717, 1.165) is 5.69 Å². The predicted octanol–water partition coefficient (Wildman–Crippen LogP) is -1.00. The molecule has 1 aliphatic heterocycles. The van der Waals surface area contributed by atoms with Crippen LogP contribution in [0.2, 0.25) is 0 Å². The van der Waals surface area contributed by atoms with E-state index in [9.17, 15) is 20.1 Å². The van der Waals surface area contributed by atoms with Crippen molar-refractivity contribution in [2.75, 3.05) is 12.4 Å². The minimum Gasteiger partial charge on any atom is -0.479 e. The molecule has 2 rings (SSSR count). The topological polar surface area (TPSA) is 128 Å². The fourth-order valence-corrected chi connectivity index (χ4v) is 2.01. The highest BCUT2D eigenvalue weighted by molar-refractivity contribution is 5.73. The highest BCUT2D eigenvalue weighted by Gasteiger charge is 2.48. The van der Waals surface area contributed by atoms with Gasteiger partial charge in [-0.05, 0) is 12.1 Å². The van der Waals surface area contributed by atoms with E-state index in [1.807, 2.05) is 0 Å². The molecule has 1 saturated heterocycles. The summed E-state index contributed by atoms with van der Waals surface area (Å²) in [5.74, 6) is -1.13. The van der Waals surface area contributed by atoms with E-state index in [1.165, 1.54) is 0 Å². The maximum atomic E-state index is 11.0. The summed E-state index contributed by atoms with van der Waals surface area (Å²) in [6.45, 7) is 0. The Morgan fingerprint density at radius 3 is 2.57 bits per heavy atom. The summed E-state index contributed by atoms with van der Waals surface area (Å²) in [6.07, 6.45) is -8.08. The largest absolute Gasteiger partial charge is 0.479 e. The molecule has 0 bridgehead atoms. The van der Waals surface area contributed by atoms with Crippen molar-refractivity contribution in [2.24, 2.45) is 0 Å². The summed E-state index contributed by atoms with van der Waals surface area (Å²) >= 11 is 0. The van der Waals surface area contributed by atoms with Gasteiger partial charge in [0.25, 0.3) is 0 Å². The molecule has 1 aromatic rings. The van der Waals surface area contributed by atoms with Gasteiger partial charge in [0, 0.05) is 18.8 Å². The number of hydrogen-bond donors (Lipinski definition) is 5. The smallest absolute Gasteiger partial charge is 0.335 e. The number of aliphatic carboxylic acids is 1. The number of carboxylic acids is 1. The van der Waals surface area contributed by atoms with E-state index in [-0.39, 0.29) is 0 Å². The van der Waals surface area contributed by atoms with Crippen LogP contribution in [0.1, 0.15) is 0 Å². The number of aliphatic hydroxyl groups is 3. The molecular formula is C13H17NO7. The van der Waals surface area contributed by atoms with Gasteiger partial charge in [0.05, 0.1) is 0 Å². The zero-order valence-electron chi connectivity index (χ0n) is 11.2. The third-order valence-electron chi connectivity index (χ3n) is 3.19. The number of nitrogens with one attached hydrogen (secondary N) is 1. The SMILES string of the molecule is CNc1cccc(O[C@@H]2O[C@H](C(=O)O)[C@@H](O)[C@H](O)[C@H]2O)c1. The Balaban J connectivity index is 2.15. The fourth-order valence-electron chi connectivity index (χ4n) is 2.01. The van der Waals surface area contributed by atoms with Crippen LogP contribution >= 0.6 is 0 Å². The van der Waals surface area contributed by atoms with E-state index in [1.54, 1.807) is 31.3 Å². The second kappa shape index (κ2) is 6.27. The van der Waals surface area contributed by atoms with E-state index in [2.05, 4.69) is 5.32 Å². The Hall–Kier alpha value is -1.87. The molecule has 1 aliphatic rings. The highest BCUT2D eigenvalue weighted by Crippen LogP contribution is 2.25. The van der Waals surface area contributed by atoms with Gasteiger partial charge in [-0.25, -0.2) is 4.79 Å². The summed E-state index contributed by atoms with van der Waals surface area (Å²) in [5, 5.41) is 40.9. The second-order valence-corrected chi connectivity index (χ2v) is 4.63. The molecule has 116 valence electrons. The molecule has 5 N–H and O–H groups in total. The Bertz CT molecular complexity index is 509. The van der Waals surface area contributed by atoms with Gasteiger partial charge in [-0.15, -0.1) is 0 Å². The first-order valence-corrected chi connectivity index (χ1v) is 6.31. The number of hydrogen-bond acceptors (Lipinski definition) is 7. The monoisotopic (exact) mass is 299 g/mol. The molecule has 1 heterocycles. The van der Waals surface area contributed by atoms with Crippen LogP contribution in [0.3, 0.4) is 0 Å². The molecule has 5 atom stereocenters. The van der Waals surface area contributed by atoms with Gasteiger partial charge in [0.2, 0.25) is 6.29 Å². The number of aliphatic hydroxyl groups excluding tert-OH is 3. The molecule has 8 heteroatoms. The molecule has 1 aromatic carbocycles. The molecule has 0 radical (unpaired) electrons. The van der Waals surface area contributed by atoms with E-state index < -0.39 is 36.7 Å². The van der Waals surface area contributed by atoms with Gasteiger partial charge in [-0.3, -0.25) is 0 Å². The standard InChI is InChI=1S/C13H17NO7/c1-14-6-3-2-4-7(5-6)20-13-10(17)8(15)9(16)11(21-13)12(18)19/h2-5,8-11,13-17H,1H3,(H,18,19)/t8-,9-,10+,11-,13+/m0/s1. The average Bonchev–Trinajstić information content (AvgIpc) is 2.47. The fraction of sp³-hybridized carbons (Fsp3) is 0.462. The summed E-state index contributed by atoms with van der Waals surface area (Å²) in [4.78, 5) is 11.0. The molecule has 0 unspecified atom stereocenters. The lowest BCUT2D eigenvalue weighted by molar-refractivity contribution is -0.271. The number of anilines is 1. The molecule has 1 fully saturated rings. The second-order valence-electron chi connectivity index (χ2n) is 4.63. The highest BCUT2D eigenvalue weighted by atomic mass is 16.7. The average molecular weight is 299 g/mol. The van der Waals surface area contributed by atoms with Crippen LogP contribution in [-0.2, 0) is 9.53 Å². The van der Waals surface area contributed by atoms with Gasteiger partial charge >= 0.3 is 5.97 Å². The molecule has 0 amide bonds. The van der Waals surface area contributed by atoms with Crippen molar-refractivity contribution in [1.82, 2.24) is 0 Å². The zero-order chi connectivity index (χ0) is 15.6. The Morgan fingerprint density at radius 2 is 1.95 bits per heavy atom. The number of benzene rings is 1. The van der Waals surface area contributed by atoms with E-state index >= 15 is 0 Å². The van der Waals surface area contributed by atoms with Gasteiger partial charge in [-0.1, -0.05) is 6.07 Å². The third kappa shape index (κ3) is 3.24. The van der Waals surface area contributed by atoms with Crippen molar-refractivity contribution in [3.05, 3.63) is 24.3 Å². The zero-order valence-corrected chi connectivity index (χ0v) is 11.2. The minimum atomic E-state index is -1.74. The van der Waals surface area contributed by atoms with E-state index in [0.29, 0.717) is 5.75 Å². The summed E-state index contributed by atoms with van der Waals surface area (Å²) < 4.78 is 10.4. The van der Waals surface area contributed by atoms with E-state index in [4.69, 9.17) is 14.6 Å². The number of ether oxygens (including phenoxy) is 2. The predicted molar refractivity (Wildman–Crippen MR) is 70.9 cm³/mol. The lowest BCUT2D eigenvalue weighted by atomic mass is 9.99. The number of carbonyl (C=O) groups is 1. The van der Waals surface area contributed by atoms with Gasteiger partial charge in [-0.2, -0.15) is 0 Å². The van der Waals surface area contributed by atoms with Crippen LogP contribution < -0.4 is 10.1 Å². The van der Waals surface area contributed by atoms with Crippen LogP contribution in [0, 0.1) is 0 Å². The maximum Gasteiger partial charge on any atom is 0.335 e. The normalized spacial score (nSPS) is 32.5. The minimum absolute atomic E-state index is 0.318. The van der Waals surface area contributed by atoms with Crippen molar-refractivity contribution in [3.8, 4) is 5.75 Å². The molecule has 0 aliphatic carbocycles. The van der Waals surface area contributed by atoms with Crippen LogP contribution in [-0.4, -0.2) is 64.1 Å². The lowest BCUT2D eigenvalue weighted by Crippen LogP contribution is -2.61. The first kappa shape index (κ1) is 15.5. The van der Waals surface area contributed by atoms with Crippen LogP contribution in [0.5, 0.6) is 5.75 Å². The quantitative estimate of drug-likeness (QED) is 0.479. The van der Waals surface area contributed by atoms with Crippen molar-refractivity contribution in [1.29, 1.82) is 0 Å². The Kier molecular flexibility index (Phi) is 4.63. The third-order valence-corrected chi connectivity index (χ3v) is 3.19. The van der Waals surface area contributed by atoms with Crippen molar-refractivity contribution < 1.29 is 34.7 Å².